The van der Waals surface area contributed by atoms with E-state index < -0.39 is 5.97 Å². The van der Waals surface area contributed by atoms with Crippen LogP contribution >= 0.6 is 0 Å². The number of hydrogen-bond acceptors (Lipinski definition) is 4. The lowest BCUT2D eigenvalue weighted by atomic mass is 9.62. The second-order valence-electron chi connectivity index (χ2n) is 8.28. The van der Waals surface area contributed by atoms with Gasteiger partial charge in [0.2, 0.25) is 0 Å². The monoisotopic (exact) mass is 351 g/mol. The van der Waals surface area contributed by atoms with Crippen molar-refractivity contribution in [3.8, 4) is 0 Å². The number of carbonyl (C=O) groups is 2. The van der Waals surface area contributed by atoms with Crippen LogP contribution in [-0.4, -0.2) is 77.9 Å². The molecule has 2 N–H and O–H groups in total. The molecule has 0 aromatic rings. The van der Waals surface area contributed by atoms with Crippen molar-refractivity contribution in [2.24, 2.45) is 11.3 Å². The van der Waals surface area contributed by atoms with E-state index >= 15 is 0 Å². The number of amides is 2. The molecule has 2 saturated carbocycles. The van der Waals surface area contributed by atoms with Crippen molar-refractivity contribution in [1.29, 1.82) is 0 Å². The van der Waals surface area contributed by atoms with Crippen LogP contribution in [0.15, 0.2) is 0 Å². The summed E-state index contributed by atoms with van der Waals surface area (Å²) in [6, 6.07) is 0.730. The topological polar surface area (TPSA) is 82.1 Å². The third-order valence-electron chi connectivity index (χ3n) is 7.03. The second-order valence-corrected chi connectivity index (χ2v) is 8.28. The fraction of sp³-hybridized carbons (Fsp3) is 0.889. The zero-order valence-corrected chi connectivity index (χ0v) is 14.9. The maximum absolute atomic E-state index is 12.8. The van der Waals surface area contributed by atoms with Gasteiger partial charge in [0.05, 0.1) is 25.8 Å². The van der Waals surface area contributed by atoms with E-state index in [1.165, 1.54) is 19.3 Å². The van der Waals surface area contributed by atoms with Crippen molar-refractivity contribution in [3.63, 3.8) is 0 Å². The van der Waals surface area contributed by atoms with E-state index in [4.69, 9.17) is 9.84 Å². The molecule has 2 amide bonds. The van der Waals surface area contributed by atoms with Crippen molar-refractivity contribution >= 4 is 12.0 Å². The molecule has 2 heterocycles. The Balaban J connectivity index is 1.30. The first kappa shape index (κ1) is 17.1. The molecule has 2 atom stereocenters. The number of hydrogen-bond donors (Lipinski definition) is 2. The number of fused-ring (bicyclic) bond motifs is 2. The number of carbonyl (C=O) groups excluding carboxylic acids is 1. The van der Waals surface area contributed by atoms with Gasteiger partial charge < -0.3 is 20.1 Å². The molecule has 2 unspecified atom stereocenters. The van der Waals surface area contributed by atoms with Crippen molar-refractivity contribution in [3.05, 3.63) is 0 Å². The van der Waals surface area contributed by atoms with Crippen molar-refractivity contribution < 1.29 is 19.4 Å². The third kappa shape index (κ3) is 2.91. The zero-order chi connectivity index (χ0) is 17.6. The first-order chi connectivity index (χ1) is 12.0. The summed E-state index contributed by atoms with van der Waals surface area (Å²) in [4.78, 5) is 27.7. The Hall–Kier alpha value is -1.34. The summed E-state index contributed by atoms with van der Waals surface area (Å²) in [5.74, 6) is -0.267. The Kier molecular flexibility index (Phi) is 4.40. The molecule has 4 rings (SSSR count). The first-order valence-electron chi connectivity index (χ1n) is 9.63. The minimum atomic E-state index is -0.788. The summed E-state index contributed by atoms with van der Waals surface area (Å²) in [7, 11) is 0. The highest BCUT2D eigenvalue weighted by Crippen LogP contribution is 2.55. The second kappa shape index (κ2) is 6.43. The lowest BCUT2D eigenvalue weighted by Gasteiger charge is -2.43. The Morgan fingerprint density at radius 3 is 2.68 bits per heavy atom. The number of nitrogens with one attached hydrogen (secondary N) is 1. The standard InChI is InChI=1S/C18H29N3O4/c1-2-20(8-16(22)23)13-6-12(7-13)19-17(24)21-11-18(4-3-5-18)14-9-25-10-15(14)21/h12-15H,2-11H2,1H3,(H,19,24)(H,22,23). The largest absolute Gasteiger partial charge is 0.480 e. The highest BCUT2D eigenvalue weighted by molar-refractivity contribution is 5.76. The molecule has 0 aromatic carbocycles. The van der Waals surface area contributed by atoms with E-state index in [1.807, 2.05) is 16.7 Å². The average Bonchev–Trinajstić information content (AvgIpc) is 3.07. The Bertz CT molecular complexity index is 544. The van der Waals surface area contributed by atoms with Gasteiger partial charge in [-0.05, 0) is 37.6 Å². The smallest absolute Gasteiger partial charge is 0.317 e. The number of nitrogens with zero attached hydrogens (tertiary/aromatic N) is 2. The van der Waals surface area contributed by atoms with Crippen LogP contribution in [0, 0.1) is 11.3 Å². The maximum Gasteiger partial charge on any atom is 0.317 e. The molecule has 2 aliphatic carbocycles. The highest BCUT2D eigenvalue weighted by atomic mass is 16.5. The fourth-order valence-electron chi connectivity index (χ4n) is 5.33. The van der Waals surface area contributed by atoms with E-state index in [9.17, 15) is 9.59 Å². The van der Waals surface area contributed by atoms with Crippen LogP contribution in [0.25, 0.3) is 0 Å². The van der Waals surface area contributed by atoms with Crippen molar-refractivity contribution in [2.75, 3.05) is 32.8 Å². The van der Waals surface area contributed by atoms with E-state index in [2.05, 4.69) is 5.32 Å². The zero-order valence-electron chi connectivity index (χ0n) is 14.9. The number of urea groups is 1. The number of aliphatic carboxylic acids is 1. The molecular weight excluding hydrogens is 322 g/mol. The molecule has 140 valence electrons. The van der Waals surface area contributed by atoms with E-state index in [0.29, 0.717) is 17.9 Å². The molecule has 25 heavy (non-hydrogen) atoms. The average molecular weight is 351 g/mol. The number of carboxylic acid groups (broad SMARTS) is 1. The molecule has 0 bridgehead atoms. The molecule has 0 radical (unpaired) electrons. The number of likely N-dealkylation sites (N-methyl/N-ethyl adjacent to an activating group) is 1. The van der Waals surface area contributed by atoms with Gasteiger partial charge in [-0.25, -0.2) is 4.79 Å². The van der Waals surface area contributed by atoms with Crippen LogP contribution in [0.1, 0.15) is 39.0 Å². The van der Waals surface area contributed by atoms with Gasteiger partial charge in [0, 0.05) is 24.5 Å². The molecular formula is C18H29N3O4. The van der Waals surface area contributed by atoms with Crippen LogP contribution in [0.5, 0.6) is 0 Å². The van der Waals surface area contributed by atoms with Crippen LogP contribution in [0.2, 0.25) is 0 Å². The SMILES string of the molecule is CCN(CC(=O)O)C1CC(NC(=O)N2CC3(CCC3)C3COCC32)C1. The quantitative estimate of drug-likeness (QED) is 0.776. The van der Waals surface area contributed by atoms with Gasteiger partial charge in [0.1, 0.15) is 0 Å². The van der Waals surface area contributed by atoms with Gasteiger partial charge in [-0.3, -0.25) is 9.69 Å². The van der Waals surface area contributed by atoms with Crippen LogP contribution in [0.3, 0.4) is 0 Å². The summed E-state index contributed by atoms with van der Waals surface area (Å²) in [6.45, 7) is 5.16. The summed E-state index contributed by atoms with van der Waals surface area (Å²) in [5.41, 5.74) is 0.321. The van der Waals surface area contributed by atoms with E-state index in [1.54, 1.807) is 0 Å². The maximum atomic E-state index is 12.8. The lowest BCUT2D eigenvalue weighted by molar-refractivity contribution is -0.139. The normalized spacial score (nSPS) is 35.4. The predicted octanol–water partition coefficient (Wildman–Crippen LogP) is 1.13. The van der Waals surface area contributed by atoms with Crippen molar-refractivity contribution in [1.82, 2.24) is 15.1 Å². The molecule has 1 spiro atoms. The van der Waals surface area contributed by atoms with E-state index in [-0.39, 0.29) is 30.7 Å². The summed E-state index contributed by atoms with van der Waals surface area (Å²) in [5, 5.41) is 12.1. The Morgan fingerprint density at radius 1 is 1.32 bits per heavy atom. The predicted molar refractivity (Wildman–Crippen MR) is 91.3 cm³/mol. The highest BCUT2D eigenvalue weighted by Gasteiger charge is 2.58. The Labute approximate surface area is 148 Å². The molecule has 2 saturated heterocycles. The summed E-state index contributed by atoms with van der Waals surface area (Å²) >= 11 is 0. The van der Waals surface area contributed by atoms with Crippen molar-refractivity contribution in [2.45, 2.75) is 57.2 Å². The molecule has 0 aromatic heterocycles. The number of rotatable bonds is 5. The van der Waals surface area contributed by atoms with Gasteiger partial charge in [-0.2, -0.15) is 0 Å². The van der Waals surface area contributed by atoms with Crippen LogP contribution < -0.4 is 5.32 Å². The lowest BCUT2D eigenvalue weighted by Crippen LogP contribution is -2.57. The molecule has 4 aliphatic rings. The van der Waals surface area contributed by atoms with Crippen LogP contribution in [-0.2, 0) is 9.53 Å². The summed E-state index contributed by atoms with van der Waals surface area (Å²) < 4.78 is 5.68. The first-order valence-corrected chi connectivity index (χ1v) is 9.63. The Morgan fingerprint density at radius 2 is 2.08 bits per heavy atom. The fourth-order valence-corrected chi connectivity index (χ4v) is 5.33. The number of ether oxygens (including phenoxy) is 1. The number of carboxylic acids is 1. The van der Waals surface area contributed by atoms with Crippen LogP contribution in [0.4, 0.5) is 4.79 Å². The van der Waals surface area contributed by atoms with Gasteiger partial charge in [-0.15, -0.1) is 0 Å². The number of likely N-dealkylation sites (tertiary alicyclic amines) is 1. The van der Waals surface area contributed by atoms with Gasteiger partial charge in [0.25, 0.3) is 0 Å². The van der Waals surface area contributed by atoms with Gasteiger partial charge in [-0.1, -0.05) is 13.3 Å². The molecule has 7 heteroatoms. The van der Waals surface area contributed by atoms with Gasteiger partial charge in [0.15, 0.2) is 0 Å². The summed E-state index contributed by atoms with van der Waals surface area (Å²) in [6.07, 6.45) is 5.42. The molecule has 7 nitrogen and oxygen atoms in total. The minimum Gasteiger partial charge on any atom is -0.480 e. The minimum absolute atomic E-state index is 0.0500. The van der Waals surface area contributed by atoms with E-state index in [0.717, 1.165) is 32.5 Å². The molecule has 4 fully saturated rings. The molecule has 2 aliphatic heterocycles. The third-order valence-corrected chi connectivity index (χ3v) is 7.03. The van der Waals surface area contributed by atoms with Gasteiger partial charge >= 0.3 is 12.0 Å².